The van der Waals surface area contributed by atoms with Gasteiger partial charge >= 0.3 is 0 Å². The SMILES string of the molecule is CSC1(CNCCC(C)C)CCCC1. The lowest BCUT2D eigenvalue weighted by atomic mass is 10.1. The first-order valence-electron chi connectivity index (χ1n) is 5.94. The molecule has 14 heavy (non-hydrogen) atoms. The highest BCUT2D eigenvalue weighted by Crippen LogP contribution is 2.39. The second-order valence-corrected chi connectivity index (χ2v) is 6.23. The van der Waals surface area contributed by atoms with E-state index in [1.807, 2.05) is 0 Å². The molecule has 0 amide bonds. The van der Waals surface area contributed by atoms with Crippen molar-refractivity contribution in [1.82, 2.24) is 5.32 Å². The van der Waals surface area contributed by atoms with Gasteiger partial charge in [-0.05, 0) is 38.0 Å². The van der Waals surface area contributed by atoms with Crippen LogP contribution in [0.1, 0.15) is 46.0 Å². The first-order valence-corrected chi connectivity index (χ1v) is 7.17. The number of thioether (sulfide) groups is 1. The quantitative estimate of drug-likeness (QED) is 0.682. The van der Waals surface area contributed by atoms with E-state index in [0.29, 0.717) is 4.75 Å². The van der Waals surface area contributed by atoms with Gasteiger partial charge in [-0.3, -0.25) is 0 Å². The molecule has 1 rings (SSSR count). The van der Waals surface area contributed by atoms with Crippen molar-refractivity contribution in [2.75, 3.05) is 19.3 Å². The first kappa shape index (κ1) is 12.4. The second kappa shape index (κ2) is 6.02. The fraction of sp³-hybridized carbons (Fsp3) is 1.00. The number of hydrogen-bond donors (Lipinski definition) is 1. The molecular formula is C12H25NS. The van der Waals surface area contributed by atoms with E-state index in [1.165, 1.54) is 45.2 Å². The molecule has 0 atom stereocenters. The minimum Gasteiger partial charge on any atom is -0.315 e. The minimum atomic E-state index is 0.580. The van der Waals surface area contributed by atoms with Gasteiger partial charge in [0.25, 0.3) is 0 Å². The van der Waals surface area contributed by atoms with E-state index in [9.17, 15) is 0 Å². The summed E-state index contributed by atoms with van der Waals surface area (Å²) >= 11 is 2.08. The zero-order chi connectivity index (χ0) is 10.4. The molecular weight excluding hydrogens is 190 g/mol. The van der Waals surface area contributed by atoms with Crippen LogP contribution in [0.25, 0.3) is 0 Å². The van der Waals surface area contributed by atoms with Gasteiger partial charge in [-0.25, -0.2) is 0 Å². The van der Waals surface area contributed by atoms with E-state index < -0.39 is 0 Å². The molecule has 0 bridgehead atoms. The fourth-order valence-corrected chi connectivity index (χ4v) is 3.12. The highest BCUT2D eigenvalue weighted by atomic mass is 32.2. The maximum absolute atomic E-state index is 3.63. The summed E-state index contributed by atoms with van der Waals surface area (Å²) in [5.74, 6) is 0.830. The predicted octanol–water partition coefficient (Wildman–Crippen LogP) is 3.30. The molecule has 1 saturated carbocycles. The molecule has 0 heterocycles. The molecule has 2 heteroatoms. The summed E-state index contributed by atoms with van der Waals surface area (Å²) in [6, 6.07) is 0. The van der Waals surface area contributed by atoms with Gasteiger partial charge in [-0.1, -0.05) is 26.7 Å². The topological polar surface area (TPSA) is 12.0 Å². The Kier molecular flexibility index (Phi) is 5.32. The summed E-state index contributed by atoms with van der Waals surface area (Å²) in [4.78, 5) is 0. The van der Waals surface area contributed by atoms with E-state index in [1.54, 1.807) is 0 Å². The standard InChI is InChI=1S/C12H25NS/c1-11(2)6-9-13-10-12(14-3)7-4-5-8-12/h11,13H,4-10H2,1-3H3. The van der Waals surface area contributed by atoms with Crippen molar-refractivity contribution in [3.8, 4) is 0 Å². The van der Waals surface area contributed by atoms with Crippen LogP contribution in [-0.2, 0) is 0 Å². The van der Waals surface area contributed by atoms with Crippen molar-refractivity contribution >= 4 is 11.8 Å². The van der Waals surface area contributed by atoms with Crippen LogP contribution in [-0.4, -0.2) is 24.1 Å². The molecule has 0 aliphatic heterocycles. The van der Waals surface area contributed by atoms with Crippen molar-refractivity contribution < 1.29 is 0 Å². The van der Waals surface area contributed by atoms with Gasteiger partial charge in [0.1, 0.15) is 0 Å². The van der Waals surface area contributed by atoms with Gasteiger partial charge in [0, 0.05) is 11.3 Å². The number of rotatable bonds is 6. The van der Waals surface area contributed by atoms with Crippen LogP contribution >= 0.6 is 11.8 Å². The van der Waals surface area contributed by atoms with Crippen LogP contribution in [0.5, 0.6) is 0 Å². The van der Waals surface area contributed by atoms with Crippen LogP contribution in [0, 0.1) is 5.92 Å². The molecule has 84 valence electrons. The molecule has 0 radical (unpaired) electrons. The van der Waals surface area contributed by atoms with Gasteiger partial charge in [-0.15, -0.1) is 0 Å². The lowest BCUT2D eigenvalue weighted by Crippen LogP contribution is -2.35. The Labute approximate surface area is 93.4 Å². The molecule has 1 aliphatic carbocycles. The smallest absolute Gasteiger partial charge is 0.0281 e. The molecule has 0 unspecified atom stereocenters. The molecule has 0 saturated heterocycles. The van der Waals surface area contributed by atoms with Crippen molar-refractivity contribution in [3.05, 3.63) is 0 Å². The Bertz CT molecular complexity index is 150. The summed E-state index contributed by atoms with van der Waals surface area (Å²) in [5, 5.41) is 3.63. The maximum Gasteiger partial charge on any atom is 0.0281 e. The molecule has 1 nitrogen and oxygen atoms in total. The number of nitrogens with one attached hydrogen (secondary N) is 1. The van der Waals surface area contributed by atoms with Crippen LogP contribution in [0.2, 0.25) is 0 Å². The summed E-state index contributed by atoms with van der Waals surface area (Å²) in [6.45, 7) is 7.00. The van der Waals surface area contributed by atoms with E-state index in [2.05, 4.69) is 37.2 Å². The van der Waals surface area contributed by atoms with Crippen LogP contribution in [0.3, 0.4) is 0 Å². The Morgan fingerprint density at radius 3 is 2.43 bits per heavy atom. The summed E-state index contributed by atoms with van der Waals surface area (Å²) in [6.07, 6.45) is 9.30. The monoisotopic (exact) mass is 215 g/mol. The zero-order valence-electron chi connectivity index (χ0n) is 9.94. The molecule has 1 aliphatic rings. The van der Waals surface area contributed by atoms with Crippen molar-refractivity contribution in [2.24, 2.45) is 5.92 Å². The van der Waals surface area contributed by atoms with Crippen molar-refractivity contribution in [2.45, 2.75) is 50.7 Å². The average molecular weight is 215 g/mol. The summed E-state index contributed by atoms with van der Waals surface area (Å²) < 4.78 is 0.580. The maximum atomic E-state index is 3.63. The Hall–Kier alpha value is 0.310. The Morgan fingerprint density at radius 1 is 1.29 bits per heavy atom. The van der Waals surface area contributed by atoms with Gasteiger partial charge in [-0.2, -0.15) is 11.8 Å². The molecule has 0 aromatic carbocycles. The van der Waals surface area contributed by atoms with E-state index in [0.717, 1.165) is 5.92 Å². The summed E-state index contributed by atoms with van der Waals surface area (Å²) in [7, 11) is 0. The largest absolute Gasteiger partial charge is 0.315 e. The number of hydrogen-bond acceptors (Lipinski definition) is 2. The summed E-state index contributed by atoms with van der Waals surface area (Å²) in [5.41, 5.74) is 0. The van der Waals surface area contributed by atoms with Crippen molar-refractivity contribution in [1.29, 1.82) is 0 Å². The van der Waals surface area contributed by atoms with Crippen LogP contribution < -0.4 is 5.32 Å². The van der Waals surface area contributed by atoms with Gasteiger partial charge < -0.3 is 5.32 Å². The van der Waals surface area contributed by atoms with Gasteiger partial charge in [0.05, 0.1) is 0 Å². The van der Waals surface area contributed by atoms with E-state index in [-0.39, 0.29) is 0 Å². The molecule has 0 aromatic heterocycles. The van der Waals surface area contributed by atoms with Crippen LogP contribution in [0.4, 0.5) is 0 Å². The third-order valence-electron chi connectivity index (χ3n) is 3.29. The highest BCUT2D eigenvalue weighted by Gasteiger charge is 2.32. The highest BCUT2D eigenvalue weighted by molar-refractivity contribution is 8.00. The molecule has 1 N–H and O–H groups in total. The zero-order valence-corrected chi connectivity index (χ0v) is 10.8. The Balaban J connectivity index is 2.15. The third-order valence-corrected chi connectivity index (χ3v) is 4.71. The van der Waals surface area contributed by atoms with Gasteiger partial charge in [0.2, 0.25) is 0 Å². The van der Waals surface area contributed by atoms with E-state index in [4.69, 9.17) is 0 Å². The van der Waals surface area contributed by atoms with Crippen molar-refractivity contribution in [3.63, 3.8) is 0 Å². The Morgan fingerprint density at radius 2 is 1.93 bits per heavy atom. The normalized spacial score (nSPS) is 20.6. The first-order chi connectivity index (χ1) is 6.68. The fourth-order valence-electron chi connectivity index (χ4n) is 2.18. The minimum absolute atomic E-state index is 0.580. The predicted molar refractivity (Wildman–Crippen MR) is 67.0 cm³/mol. The molecule has 0 spiro atoms. The lowest BCUT2D eigenvalue weighted by molar-refractivity contribution is 0.491. The van der Waals surface area contributed by atoms with E-state index >= 15 is 0 Å². The lowest BCUT2D eigenvalue weighted by Gasteiger charge is -2.27. The molecule has 0 aromatic rings. The average Bonchev–Trinajstić information content (AvgIpc) is 2.62. The molecule has 1 fully saturated rings. The van der Waals surface area contributed by atoms with Crippen LogP contribution in [0.15, 0.2) is 0 Å². The van der Waals surface area contributed by atoms with Gasteiger partial charge in [0.15, 0.2) is 0 Å². The third kappa shape index (κ3) is 3.82. The second-order valence-electron chi connectivity index (χ2n) is 4.95.